The van der Waals surface area contributed by atoms with Crippen LogP contribution in [-0.2, 0) is 4.79 Å². The molecule has 3 rings (SSSR count). The van der Waals surface area contributed by atoms with E-state index < -0.39 is 0 Å². The summed E-state index contributed by atoms with van der Waals surface area (Å²) in [4.78, 5) is 17.3. The number of benzene rings is 2. The van der Waals surface area contributed by atoms with Gasteiger partial charge < -0.3 is 9.80 Å². The molecule has 0 unspecified atom stereocenters. The third-order valence-electron chi connectivity index (χ3n) is 4.81. The van der Waals surface area contributed by atoms with Crippen molar-refractivity contribution < 1.29 is 4.79 Å². The van der Waals surface area contributed by atoms with Gasteiger partial charge in [0, 0.05) is 35.9 Å². The summed E-state index contributed by atoms with van der Waals surface area (Å²) < 4.78 is 0. The average molecular weight is 336 g/mol. The van der Waals surface area contributed by atoms with E-state index in [2.05, 4.69) is 58.3 Å². The molecule has 1 fully saturated rings. The van der Waals surface area contributed by atoms with Gasteiger partial charge in [-0.1, -0.05) is 57.2 Å². The zero-order chi connectivity index (χ0) is 17.9. The maximum Gasteiger partial charge on any atom is 0.228 e. The fourth-order valence-corrected chi connectivity index (χ4v) is 3.51. The second-order valence-electron chi connectivity index (χ2n) is 7.83. The van der Waals surface area contributed by atoms with Gasteiger partial charge in [0.15, 0.2) is 0 Å². The van der Waals surface area contributed by atoms with Crippen LogP contribution in [0.5, 0.6) is 0 Å². The first-order chi connectivity index (χ1) is 12.0. The van der Waals surface area contributed by atoms with Crippen LogP contribution in [0.2, 0.25) is 0 Å². The lowest BCUT2D eigenvalue weighted by atomic mass is 9.94. The summed E-state index contributed by atoms with van der Waals surface area (Å²) in [5, 5.41) is 0. The highest BCUT2D eigenvalue weighted by Crippen LogP contribution is 2.30. The normalized spacial score (nSPS) is 17.6. The summed E-state index contributed by atoms with van der Waals surface area (Å²) >= 11 is 0. The molecule has 1 atom stereocenters. The molecule has 1 amide bonds. The van der Waals surface area contributed by atoms with Crippen LogP contribution in [0.15, 0.2) is 60.7 Å². The van der Waals surface area contributed by atoms with Crippen LogP contribution < -0.4 is 4.90 Å². The monoisotopic (exact) mass is 336 g/mol. The molecule has 0 N–H and O–H groups in total. The van der Waals surface area contributed by atoms with E-state index in [0.717, 1.165) is 25.9 Å². The largest absolute Gasteiger partial charge is 0.339 e. The Morgan fingerprint density at radius 1 is 1.00 bits per heavy atom. The van der Waals surface area contributed by atoms with Crippen molar-refractivity contribution >= 4 is 17.3 Å². The van der Waals surface area contributed by atoms with Crippen molar-refractivity contribution in [1.82, 2.24) is 4.90 Å². The average Bonchev–Trinajstić information content (AvgIpc) is 3.07. The smallest absolute Gasteiger partial charge is 0.228 e. The summed E-state index contributed by atoms with van der Waals surface area (Å²) in [5.41, 5.74) is 2.01. The first-order valence-electron chi connectivity index (χ1n) is 9.15. The van der Waals surface area contributed by atoms with Crippen LogP contribution in [0.1, 0.15) is 33.6 Å². The molecule has 132 valence electrons. The highest BCUT2D eigenvalue weighted by Gasteiger charge is 2.35. The zero-order valence-electron chi connectivity index (χ0n) is 15.5. The molecule has 25 heavy (non-hydrogen) atoms. The molecule has 0 radical (unpaired) electrons. The summed E-state index contributed by atoms with van der Waals surface area (Å²) in [6.07, 6.45) is 2.15. The number of carbonyl (C=O) groups excluding carboxylic acids is 1. The second-order valence-corrected chi connectivity index (χ2v) is 7.83. The van der Waals surface area contributed by atoms with Crippen molar-refractivity contribution in [3.05, 3.63) is 60.7 Å². The zero-order valence-corrected chi connectivity index (χ0v) is 15.5. The molecule has 0 aromatic heterocycles. The van der Waals surface area contributed by atoms with Crippen molar-refractivity contribution in [2.75, 3.05) is 18.0 Å². The molecule has 3 heteroatoms. The molecule has 1 aliphatic rings. The molecule has 1 heterocycles. The van der Waals surface area contributed by atoms with Gasteiger partial charge >= 0.3 is 0 Å². The van der Waals surface area contributed by atoms with Crippen molar-refractivity contribution in [3.63, 3.8) is 0 Å². The SMILES string of the molecule is CC(C)(C)C(=O)N1CCC[C@H]1CN(c1ccccc1)c1ccccc1. The minimum Gasteiger partial charge on any atom is -0.339 e. The maximum absolute atomic E-state index is 12.8. The van der Waals surface area contributed by atoms with Gasteiger partial charge in [-0.2, -0.15) is 0 Å². The van der Waals surface area contributed by atoms with Gasteiger partial charge in [-0.05, 0) is 37.1 Å². The minimum atomic E-state index is -0.326. The van der Waals surface area contributed by atoms with Crippen LogP contribution in [0, 0.1) is 5.41 Å². The van der Waals surface area contributed by atoms with Gasteiger partial charge in [0.1, 0.15) is 0 Å². The Labute approximate surface area is 151 Å². The summed E-state index contributed by atoms with van der Waals surface area (Å²) in [6.45, 7) is 7.73. The second kappa shape index (κ2) is 7.30. The van der Waals surface area contributed by atoms with Gasteiger partial charge in [-0.15, -0.1) is 0 Å². The molecule has 0 saturated carbocycles. The predicted octanol–water partition coefficient (Wildman–Crippen LogP) is 4.86. The lowest BCUT2D eigenvalue weighted by Crippen LogP contribution is -2.46. The molecule has 2 aromatic rings. The van der Waals surface area contributed by atoms with E-state index in [0.29, 0.717) is 0 Å². The fraction of sp³-hybridized carbons (Fsp3) is 0.409. The van der Waals surface area contributed by atoms with E-state index in [1.54, 1.807) is 0 Å². The quantitative estimate of drug-likeness (QED) is 0.796. The molecule has 0 bridgehead atoms. The third kappa shape index (κ3) is 4.04. The highest BCUT2D eigenvalue weighted by atomic mass is 16.2. The van der Waals surface area contributed by atoms with E-state index in [-0.39, 0.29) is 17.4 Å². The van der Waals surface area contributed by atoms with Gasteiger partial charge in [0.2, 0.25) is 5.91 Å². The molecule has 3 nitrogen and oxygen atoms in total. The Bertz CT molecular complexity index is 651. The molecule has 1 aliphatic heterocycles. The molecule has 1 saturated heterocycles. The lowest BCUT2D eigenvalue weighted by Gasteiger charge is -2.35. The first-order valence-corrected chi connectivity index (χ1v) is 9.15. The molecule has 2 aromatic carbocycles. The van der Waals surface area contributed by atoms with Crippen molar-refractivity contribution in [3.8, 4) is 0 Å². The van der Waals surface area contributed by atoms with E-state index >= 15 is 0 Å². The Kier molecular flexibility index (Phi) is 5.12. The van der Waals surface area contributed by atoms with Crippen molar-refractivity contribution in [2.45, 2.75) is 39.7 Å². The number of amides is 1. The Morgan fingerprint density at radius 2 is 1.52 bits per heavy atom. The molecule has 0 spiro atoms. The van der Waals surface area contributed by atoms with Gasteiger partial charge in [-0.25, -0.2) is 0 Å². The van der Waals surface area contributed by atoms with Crippen molar-refractivity contribution in [2.24, 2.45) is 5.41 Å². The Hall–Kier alpha value is -2.29. The topological polar surface area (TPSA) is 23.6 Å². The maximum atomic E-state index is 12.8. The fourth-order valence-electron chi connectivity index (χ4n) is 3.51. The first kappa shape index (κ1) is 17.5. The van der Waals surface area contributed by atoms with Crippen LogP contribution >= 0.6 is 0 Å². The summed E-state index contributed by atoms with van der Waals surface area (Å²) in [5.74, 6) is 0.260. The van der Waals surface area contributed by atoms with Crippen LogP contribution in [0.3, 0.4) is 0 Å². The molecular formula is C22H28N2O. The van der Waals surface area contributed by atoms with Crippen molar-refractivity contribution in [1.29, 1.82) is 0 Å². The number of hydrogen-bond donors (Lipinski definition) is 0. The number of likely N-dealkylation sites (tertiary alicyclic amines) is 1. The number of carbonyl (C=O) groups is 1. The van der Waals surface area contributed by atoms with Crippen LogP contribution in [0.4, 0.5) is 11.4 Å². The Morgan fingerprint density at radius 3 is 2.00 bits per heavy atom. The minimum absolute atomic E-state index is 0.257. The molecular weight excluding hydrogens is 308 g/mol. The summed E-state index contributed by atoms with van der Waals surface area (Å²) in [7, 11) is 0. The van der Waals surface area contributed by atoms with E-state index in [1.165, 1.54) is 11.4 Å². The van der Waals surface area contributed by atoms with Crippen LogP contribution in [-0.4, -0.2) is 29.9 Å². The lowest BCUT2D eigenvalue weighted by molar-refractivity contribution is -0.140. The summed E-state index contributed by atoms with van der Waals surface area (Å²) in [6, 6.07) is 21.2. The van der Waals surface area contributed by atoms with E-state index in [9.17, 15) is 4.79 Å². The van der Waals surface area contributed by atoms with Gasteiger partial charge in [0.05, 0.1) is 0 Å². The van der Waals surface area contributed by atoms with Crippen LogP contribution in [0.25, 0.3) is 0 Å². The number of anilines is 2. The third-order valence-corrected chi connectivity index (χ3v) is 4.81. The van der Waals surface area contributed by atoms with E-state index in [1.807, 2.05) is 32.9 Å². The Balaban J connectivity index is 1.87. The van der Waals surface area contributed by atoms with Gasteiger partial charge in [-0.3, -0.25) is 4.79 Å². The van der Waals surface area contributed by atoms with Gasteiger partial charge in [0.25, 0.3) is 0 Å². The van der Waals surface area contributed by atoms with E-state index in [4.69, 9.17) is 0 Å². The predicted molar refractivity (Wildman–Crippen MR) is 104 cm³/mol. The number of nitrogens with zero attached hydrogens (tertiary/aromatic N) is 2. The standard InChI is InChI=1S/C22H28N2O/c1-22(2,3)21(25)23-16-10-15-20(23)17-24(18-11-6-4-7-12-18)19-13-8-5-9-14-19/h4-9,11-14,20H,10,15-17H2,1-3H3/t20-/m0/s1. The molecule has 0 aliphatic carbocycles. The highest BCUT2D eigenvalue weighted by molar-refractivity contribution is 5.82. The number of rotatable bonds is 4. The number of para-hydroxylation sites is 2. The number of hydrogen-bond acceptors (Lipinski definition) is 2.